The summed E-state index contributed by atoms with van der Waals surface area (Å²) in [6.07, 6.45) is 3.28. The van der Waals surface area contributed by atoms with E-state index in [1.54, 1.807) is 0 Å². The Morgan fingerprint density at radius 2 is 1.61 bits per heavy atom. The van der Waals surface area contributed by atoms with Gasteiger partial charge in [0.25, 0.3) is 0 Å². The summed E-state index contributed by atoms with van der Waals surface area (Å²) in [4.78, 5) is 0. The summed E-state index contributed by atoms with van der Waals surface area (Å²) in [5.74, 6) is 0. The minimum Gasteiger partial charge on any atom is -0.324 e. The third-order valence-electron chi connectivity index (χ3n) is 3.13. The van der Waals surface area contributed by atoms with E-state index in [4.69, 9.17) is 5.73 Å². The van der Waals surface area contributed by atoms with E-state index in [9.17, 15) is 0 Å². The Morgan fingerprint density at radius 3 is 2.33 bits per heavy atom. The van der Waals surface area contributed by atoms with Crippen molar-refractivity contribution in [2.75, 3.05) is 0 Å². The van der Waals surface area contributed by atoms with Gasteiger partial charge in [-0.3, -0.25) is 0 Å². The van der Waals surface area contributed by atoms with Gasteiger partial charge in [0.15, 0.2) is 0 Å². The third-order valence-corrected chi connectivity index (χ3v) is 4.11. The van der Waals surface area contributed by atoms with Crippen LogP contribution in [-0.2, 0) is 6.42 Å². The Kier molecular flexibility index (Phi) is 5.20. The largest absolute Gasteiger partial charge is 0.324 e. The number of benzene rings is 2. The molecule has 0 aliphatic rings. The molecule has 2 heteroatoms. The summed E-state index contributed by atoms with van der Waals surface area (Å²) in [6.45, 7) is 0. The standard InChI is InChI=1S/C16H18IN/c17-15-11-5-4-10-14(15)16(18)12-6-9-13-7-2-1-3-8-13/h1-5,7-8,10-11,16H,6,9,12,18H2. The predicted octanol–water partition coefficient (Wildman–Crippen LogP) is 4.31. The maximum atomic E-state index is 6.26. The van der Waals surface area contributed by atoms with Crippen LogP contribution in [0.5, 0.6) is 0 Å². The molecule has 2 aromatic rings. The highest BCUT2D eigenvalue weighted by Gasteiger charge is 2.08. The van der Waals surface area contributed by atoms with Crippen LogP contribution in [-0.4, -0.2) is 0 Å². The molecule has 2 rings (SSSR count). The molecule has 0 aliphatic carbocycles. The Bertz CT molecular complexity index is 481. The molecule has 0 saturated heterocycles. The van der Waals surface area contributed by atoms with E-state index in [0.717, 1.165) is 19.3 Å². The van der Waals surface area contributed by atoms with Crippen molar-refractivity contribution in [3.05, 3.63) is 69.3 Å². The van der Waals surface area contributed by atoms with Gasteiger partial charge in [0, 0.05) is 9.61 Å². The van der Waals surface area contributed by atoms with Crippen LogP contribution in [0.15, 0.2) is 54.6 Å². The van der Waals surface area contributed by atoms with E-state index in [1.165, 1.54) is 14.7 Å². The van der Waals surface area contributed by atoms with E-state index in [2.05, 4.69) is 77.2 Å². The molecule has 1 atom stereocenters. The average molecular weight is 351 g/mol. The summed E-state index contributed by atoms with van der Waals surface area (Å²) in [5, 5.41) is 0. The number of hydrogen-bond donors (Lipinski definition) is 1. The molecule has 0 saturated carbocycles. The first-order chi connectivity index (χ1) is 8.77. The van der Waals surface area contributed by atoms with Crippen molar-refractivity contribution >= 4 is 22.6 Å². The zero-order valence-corrected chi connectivity index (χ0v) is 12.5. The second-order valence-electron chi connectivity index (χ2n) is 4.51. The predicted molar refractivity (Wildman–Crippen MR) is 85.5 cm³/mol. The molecule has 0 fully saturated rings. The van der Waals surface area contributed by atoms with Gasteiger partial charge in [0.05, 0.1) is 0 Å². The minimum atomic E-state index is 0.154. The number of halogens is 1. The Morgan fingerprint density at radius 1 is 0.944 bits per heavy atom. The monoisotopic (exact) mass is 351 g/mol. The molecule has 1 unspecified atom stereocenters. The highest BCUT2D eigenvalue weighted by atomic mass is 127. The van der Waals surface area contributed by atoms with Crippen molar-refractivity contribution in [3.63, 3.8) is 0 Å². The lowest BCUT2D eigenvalue weighted by atomic mass is 10.00. The summed E-state index contributed by atoms with van der Waals surface area (Å²) in [5.41, 5.74) is 8.92. The Hall–Kier alpha value is -0.870. The molecule has 18 heavy (non-hydrogen) atoms. The van der Waals surface area contributed by atoms with Gasteiger partial charge in [-0.1, -0.05) is 48.5 Å². The maximum Gasteiger partial charge on any atom is 0.0305 e. The first kappa shape index (κ1) is 13.6. The van der Waals surface area contributed by atoms with Gasteiger partial charge >= 0.3 is 0 Å². The van der Waals surface area contributed by atoms with Crippen LogP contribution in [0.2, 0.25) is 0 Å². The quantitative estimate of drug-likeness (QED) is 0.798. The van der Waals surface area contributed by atoms with Crippen molar-refractivity contribution in [2.45, 2.75) is 25.3 Å². The number of aryl methyl sites for hydroxylation is 1. The molecular formula is C16H18IN. The molecule has 2 N–H and O–H groups in total. The molecule has 94 valence electrons. The van der Waals surface area contributed by atoms with E-state index in [1.807, 2.05) is 0 Å². The zero-order chi connectivity index (χ0) is 12.8. The van der Waals surface area contributed by atoms with Gasteiger partial charge in [-0.05, 0) is 59.0 Å². The van der Waals surface area contributed by atoms with Crippen LogP contribution in [0.4, 0.5) is 0 Å². The zero-order valence-electron chi connectivity index (χ0n) is 10.4. The van der Waals surface area contributed by atoms with Gasteiger partial charge in [-0.25, -0.2) is 0 Å². The Labute approximate surface area is 123 Å². The summed E-state index contributed by atoms with van der Waals surface area (Å²) < 4.78 is 1.27. The van der Waals surface area contributed by atoms with E-state index in [-0.39, 0.29) is 6.04 Å². The van der Waals surface area contributed by atoms with E-state index < -0.39 is 0 Å². The first-order valence-corrected chi connectivity index (χ1v) is 7.39. The molecule has 0 aliphatic heterocycles. The van der Waals surface area contributed by atoms with E-state index >= 15 is 0 Å². The molecule has 0 aromatic heterocycles. The number of hydrogen-bond acceptors (Lipinski definition) is 1. The summed E-state index contributed by atoms with van der Waals surface area (Å²) in [6, 6.07) is 19.1. The number of rotatable bonds is 5. The molecule has 0 amide bonds. The fraction of sp³-hybridized carbons (Fsp3) is 0.250. The molecule has 1 nitrogen and oxygen atoms in total. The fourth-order valence-corrected chi connectivity index (χ4v) is 2.89. The van der Waals surface area contributed by atoms with Crippen LogP contribution in [0.1, 0.15) is 30.0 Å². The highest BCUT2D eigenvalue weighted by molar-refractivity contribution is 14.1. The van der Waals surface area contributed by atoms with Crippen molar-refractivity contribution in [2.24, 2.45) is 5.73 Å². The molecule has 0 heterocycles. The Balaban J connectivity index is 1.86. The molecule has 0 bridgehead atoms. The third kappa shape index (κ3) is 3.82. The smallest absolute Gasteiger partial charge is 0.0305 e. The van der Waals surface area contributed by atoms with Crippen LogP contribution in [0.3, 0.4) is 0 Å². The van der Waals surface area contributed by atoms with Gasteiger partial charge in [-0.15, -0.1) is 0 Å². The lowest BCUT2D eigenvalue weighted by Crippen LogP contribution is -2.11. The van der Waals surface area contributed by atoms with Crippen molar-refractivity contribution in [1.82, 2.24) is 0 Å². The highest BCUT2D eigenvalue weighted by Crippen LogP contribution is 2.22. The topological polar surface area (TPSA) is 26.0 Å². The summed E-state index contributed by atoms with van der Waals surface area (Å²) in [7, 11) is 0. The first-order valence-electron chi connectivity index (χ1n) is 6.31. The average Bonchev–Trinajstić information content (AvgIpc) is 2.40. The summed E-state index contributed by atoms with van der Waals surface area (Å²) >= 11 is 2.36. The van der Waals surface area contributed by atoms with Crippen LogP contribution >= 0.6 is 22.6 Å². The molecule has 0 radical (unpaired) electrons. The van der Waals surface area contributed by atoms with Gasteiger partial charge in [-0.2, -0.15) is 0 Å². The van der Waals surface area contributed by atoms with Crippen LogP contribution in [0.25, 0.3) is 0 Å². The fourth-order valence-electron chi connectivity index (χ4n) is 2.10. The SMILES string of the molecule is NC(CCCc1ccccc1)c1ccccc1I. The molecule has 0 spiro atoms. The minimum absolute atomic E-state index is 0.154. The maximum absolute atomic E-state index is 6.26. The van der Waals surface area contributed by atoms with Crippen LogP contribution in [0, 0.1) is 3.57 Å². The lowest BCUT2D eigenvalue weighted by Gasteiger charge is -2.13. The second kappa shape index (κ2) is 6.90. The second-order valence-corrected chi connectivity index (χ2v) is 5.67. The molecular weight excluding hydrogens is 333 g/mol. The van der Waals surface area contributed by atoms with Gasteiger partial charge < -0.3 is 5.73 Å². The normalized spacial score (nSPS) is 12.3. The van der Waals surface area contributed by atoms with E-state index in [0.29, 0.717) is 0 Å². The van der Waals surface area contributed by atoms with Gasteiger partial charge in [0.2, 0.25) is 0 Å². The number of nitrogens with two attached hydrogens (primary N) is 1. The molecule has 2 aromatic carbocycles. The van der Waals surface area contributed by atoms with Crippen molar-refractivity contribution < 1.29 is 0 Å². The lowest BCUT2D eigenvalue weighted by molar-refractivity contribution is 0.609. The van der Waals surface area contributed by atoms with Crippen molar-refractivity contribution in [3.8, 4) is 0 Å². The van der Waals surface area contributed by atoms with Crippen molar-refractivity contribution in [1.29, 1.82) is 0 Å². The van der Waals surface area contributed by atoms with Gasteiger partial charge in [0.1, 0.15) is 0 Å². The van der Waals surface area contributed by atoms with Crippen LogP contribution < -0.4 is 5.73 Å².